The molecule has 0 aliphatic carbocycles. The topological polar surface area (TPSA) is 48.4 Å². The fourth-order valence-corrected chi connectivity index (χ4v) is 2.41. The van der Waals surface area contributed by atoms with Crippen LogP contribution in [0.2, 0.25) is 0 Å². The lowest BCUT2D eigenvalue weighted by Gasteiger charge is -2.09. The van der Waals surface area contributed by atoms with E-state index in [2.05, 4.69) is 20.9 Å². The summed E-state index contributed by atoms with van der Waals surface area (Å²) in [6, 6.07) is 5.60. The summed E-state index contributed by atoms with van der Waals surface area (Å²) < 4.78 is 10.8. The number of halogens is 1. The Labute approximate surface area is 113 Å². The number of fused-ring (bicyclic) bond motifs is 1. The molecule has 2 aromatic rings. The summed E-state index contributed by atoms with van der Waals surface area (Å²) in [5.41, 5.74) is 2.14. The number of pyridine rings is 1. The van der Waals surface area contributed by atoms with E-state index in [-0.39, 0.29) is 5.88 Å². The van der Waals surface area contributed by atoms with Gasteiger partial charge in [-0.15, -0.1) is 0 Å². The second-order valence-corrected chi connectivity index (χ2v) is 4.75. The third kappa shape index (κ3) is 2.18. The summed E-state index contributed by atoms with van der Waals surface area (Å²) >= 11 is 3.42. The van der Waals surface area contributed by atoms with Crippen LogP contribution in [0.3, 0.4) is 0 Å². The standard InChI is InChI=1S/C13H12BrNO3/c1-7-4-9(14)5-8-6-10(13(16)18-3)12(17-2)15-11(7)8/h4-6H,1-3H3. The van der Waals surface area contributed by atoms with E-state index in [0.717, 1.165) is 20.9 Å². The molecule has 18 heavy (non-hydrogen) atoms. The lowest BCUT2D eigenvalue weighted by Crippen LogP contribution is -2.06. The van der Waals surface area contributed by atoms with E-state index in [0.29, 0.717) is 5.56 Å². The maximum Gasteiger partial charge on any atom is 0.343 e. The average molecular weight is 310 g/mol. The molecule has 0 radical (unpaired) electrons. The Morgan fingerprint density at radius 3 is 2.61 bits per heavy atom. The van der Waals surface area contributed by atoms with Crippen LogP contribution in [-0.4, -0.2) is 25.2 Å². The van der Waals surface area contributed by atoms with Crippen molar-refractivity contribution in [2.24, 2.45) is 0 Å². The van der Waals surface area contributed by atoms with Crippen LogP contribution in [0.25, 0.3) is 10.9 Å². The normalized spacial score (nSPS) is 10.4. The molecule has 5 heteroatoms. The van der Waals surface area contributed by atoms with E-state index in [1.807, 2.05) is 19.1 Å². The van der Waals surface area contributed by atoms with Crippen molar-refractivity contribution in [2.45, 2.75) is 6.92 Å². The van der Waals surface area contributed by atoms with Crippen LogP contribution in [-0.2, 0) is 4.74 Å². The van der Waals surface area contributed by atoms with Crippen LogP contribution in [0, 0.1) is 6.92 Å². The number of carbonyl (C=O) groups excluding carboxylic acids is 1. The smallest absolute Gasteiger partial charge is 0.343 e. The number of esters is 1. The largest absolute Gasteiger partial charge is 0.480 e. The van der Waals surface area contributed by atoms with Crippen molar-refractivity contribution < 1.29 is 14.3 Å². The van der Waals surface area contributed by atoms with Gasteiger partial charge in [0.25, 0.3) is 0 Å². The fraction of sp³-hybridized carbons (Fsp3) is 0.231. The Kier molecular flexibility index (Phi) is 3.52. The van der Waals surface area contributed by atoms with E-state index in [9.17, 15) is 4.79 Å². The van der Waals surface area contributed by atoms with E-state index < -0.39 is 5.97 Å². The lowest BCUT2D eigenvalue weighted by molar-refractivity contribution is 0.0596. The number of aromatic nitrogens is 1. The number of benzene rings is 1. The maximum atomic E-state index is 11.7. The van der Waals surface area contributed by atoms with Gasteiger partial charge < -0.3 is 9.47 Å². The molecule has 1 aromatic heterocycles. The minimum absolute atomic E-state index is 0.278. The lowest BCUT2D eigenvalue weighted by atomic mass is 10.1. The monoisotopic (exact) mass is 309 g/mol. The molecule has 94 valence electrons. The Morgan fingerprint density at radius 1 is 1.28 bits per heavy atom. The second kappa shape index (κ2) is 4.94. The first-order valence-corrected chi connectivity index (χ1v) is 6.09. The van der Waals surface area contributed by atoms with Crippen molar-refractivity contribution in [3.63, 3.8) is 0 Å². The van der Waals surface area contributed by atoms with Gasteiger partial charge in [-0.05, 0) is 30.7 Å². The maximum absolute atomic E-state index is 11.7. The SMILES string of the molecule is COC(=O)c1cc2cc(Br)cc(C)c2nc1OC. The zero-order valence-corrected chi connectivity index (χ0v) is 11.9. The highest BCUT2D eigenvalue weighted by Gasteiger charge is 2.16. The molecule has 0 N–H and O–H groups in total. The molecule has 0 spiro atoms. The molecule has 0 saturated heterocycles. The minimum atomic E-state index is -0.459. The Hall–Kier alpha value is -1.62. The molecule has 2 rings (SSSR count). The first kappa shape index (κ1) is 12.8. The molecule has 0 atom stereocenters. The van der Waals surface area contributed by atoms with E-state index in [1.165, 1.54) is 14.2 Å². The quantitative estimate of drug-likeness (QED) is 0.800. The number of methoxy groups -OCH3 is 2. The van der Waals surface area contributed by atoms with Crippen LogP contribution in [0.15, 0.2) is 22.7 Å². The first-order chi connectivity index (χ1) is 8.56. The van der Waals surface area contributed by atoms with Crippen LogP contribution < -0.4 is 4.74 Å². The molecule has 1 heterocycles. The second-order valence-electron chi connectivity index (χ2n) is 3.83. The predicted octanol–water partition coefficient (Wildman–Crippen LogP) is 3.10. The average Bonchev–Trinajstić information content (AvgIpc) is 2.36. The number of rotatable bonds is 2. The van der Waals surface area contributed by atoms with Gasteiger partial charge in [0.05, 0.1) is 19.7 Å². The highest BCUT2D eigenvalue weighted by Crippen LogP contribution is 2.27. The Balaban J connectivity index is 2.77. The molecule has 0 bridgehead atoms. The zero-order valence-electron chi connectivity index (χ0n) is 10.3. The van der Waals surface area contributed by atoms with Gasteiger partial charge in [0.2, 0.25) is 5.88 Å². The fourth-order valence-electron chi connectivity index (χ4n) is 1.81. The summed E-state index contributed by atoms with van der Waals surface area (Å²) in [5.74, 6) is -0.182. The van der Waals surface area contributed by atoms with E-state index in [4.69, 9.17) is 9.47 Å². The molecule has 0 aliphatic rings. The van der Waals surface area contributed by atoms with E-state index >= 15 is 0 Å². The number of aryl methyl sites for hydroxylation is 1. The first-order valence-electron chi connectivity index (χ1n) is 5.30. The Bertz CT molecular complexity index is 625. The number of hydrogen-bond donors (Lipinski definition) is 0. The van der Waals surface area contributed by atoms with Crippen molar-refractivity contribution in [3.8, 4) is 5.88 Å². The van der Waals surface area contributed by atoms with Crippen molar-refractivity contribution in [1.29, 1.82) is 0 Å². The highest BCUT2D eigenvalue weighted by atomic mass is 79.9. The van der Waals surface area contributed by atoms with Gasteiger partial charge in [-0.1, -0.05) is 15.9 Å². The predicted molar refractivity (Wildman–Crippen MR) is 72.1 cm³/mol. The molecular weight excluding hydrogens is 298 g/mol. The van der Waals surface area contributed by atoms with Crippen molar-refractivity contribution in [3.05, 3.63) is 33.8 Å². The molecule has 0 saturated carbocycles. The third-order valence-corrected chi connectivity index (χ3v) is 3.09. The van der Waals surface area contributed by atoms with Crippen LogP contribution in [0.1, 0.15) is 15.9 Å². The van der Waals surface area contributed by atoms with Crippen molar-refractivity contribution in [1.82, 2.24) is 4.98 Å². The summed E-state index contributed by atoms with van der Waals surface area (Å²) in [4.78, 5) is 16.0. The molecular formula is C13H12BrNO3. The van der Waals surface area contributed by atoms with E-state index in [1.54, 1.807) is 6.07 Å². The third-order valence-electron chi connectivity index (χ3n) is 2.64. The minimum Gasteiger partial charge on any atom is -0.480 e. The van der Waals surface area contributed by atoms with Crippen molar-refractivity contribution in [2.75, 3.05) is 14.2 Å². The van der Waals surface area contributed by atoms with Crippen molar-refractivity contribution >= 4 is 32.8 Å². The number of nitrogens with zero attached hydrogens (tertiary/aromatic N) is 1. The number of hydrogen-bond acceptors (Lipinski definition) is 4. The number of carbonyl (C=O) groups is 1. The van der Waals surface area contributed by atoms with Crippen LogP contribution >= 0.6 is 15.9 Å². The van der Waals surface area contributed by atoms with Gasteiger partial charge >= 0.3 is 5.97 Å². The molecule has 0 fully saturated rings. The molecule has 4 nitrogen and oxygen atoms in total. The van der Waals surface area contributed by atoms with Gasteiger partial charge in [-0.3, -0.25) is 0 Å². The summed E-state index contributed by atoms with van der Waals surface area (Å²) in [6.45, 7) is 1.96. The van der Waals surface area contributed by atoms with Gasteiger partial charge in [0.15, 0.2) is 0 Å². The summed E-state index contributed by atoms with van der Waals surface area (Å²) in [5, 5.41) is 0.864. The molecule has 1 aromatic carbocycles. The highest BCUT2D eigenvalue weighted by molar-refractivity contribution is 9.10. The van der Waals surface area contributed by atoms with Crippen LogP contribution in [0.5, 0.6) is 5.88 Å². The molecule has 0 amide bonds. The van der Waals surface area contributed by atoms with Crippen LogP contribution in [0.4, 0.5) is 0 Å². The van der Waals surface area contributed by atoms with Gasteiger partial charge in [-0.2, -0.15) is 0 Å². The summed E-state index contributed by atoms with van der Waals surface area (Å²) in [7, 11) is 2.81. The number of ether oxygens (including phenoxy) is 2. The summed E-state index contributed by atoms with van der Waals surface area (Å²) in [6.07, 6.45) is 0. The Morgan fingerprint density at radius 2 is 2.00 bits per heavy atom. The van der Waals surface area contributed by atoms with Gasteiger partial charge in [0.1, 0.15) is 5.56 Å². The van der Waals surface area contributed by atoms with Gasteiger partial charge in [-0.25, -0.2) is 9.78 Å². The zero-order chi connectivity index (χ0) is 13.3. The molecule has 0 unspecified atom stereocenters. The van der Waals surface area contributed by atoms with Gasteiger partial charge in [0, 0.05) is 9.86 Å². The molecule has 0 aliphatic heterocycles.